The predicted octanol–water partition coefficient (Wildman–Crippen LogP) is 6.23. The van der Waals surface area contributed by atoms with Crippen molar-refractivity contribution in [3.8, 4) is 16.9 Å². The van der Waals surface area contributed by atoms with E-state index >= 15 is 0 Å². The number of aryl methyl sites for hydroxylation is 1. The van der Waals surface area contributed by atoms with Gasteiger partial charge >= 0.3 is 0 Å². The lowest BCUT2D eigenvalue weighted by molar-refractivity contribution is 0.338. The number of methoxy groups -OCH3 is 1. The molecule has 1 aliphatic carbocycles. The summed E-state index contributed by atoms with van der Waals surface area (Å²) in [6.45, 7) is 7.39. The molecule has 0 amide bonds. The van der Waals surface area contributed by atoms with Crippen LogP contribution in [0.1, 0.15) is 62.6 Å². The molecular weight excluding hydrogens is 384 g/mol. The summed E-state index contributed by atoms with van der Waals surface area (Å²) in [5.74, 6) is 3.29. The summed E-state index contributed by atoms with van der Waals surface area (Å²) in [4.78, 5) is 4.53. The van der Waals surface area contributed by atoms with Crippen molar-refractivity contribution in [1.82, 2.24) is 14.8 Å². The van der Waals surface area contributed by atoms with Crippen molar-refractivity contribution in [3.05, 3.63) is 60.0 Å². The van der Waals surface area contributed by atoms with E-state index in [-0.39, 0.29) is 0 Å². The van der Waals surface area contributed by atoms with Gasteiger partial charge in [0.2, 0.25) is 0 Å². The third-order valence-corrected chi connectivity index (χ3v) is 6.53. The molecule has 1 N–H and O–H groups in total. The van der Waals surface area contributed by atoms with E-state index in [1.807, 2.05) is 17.1 Å². The molecule has 0 atom stereocenters. The summed E-state index contributed by atoms with van der Waals surface area (Å²) in [6, 6.07) is 11.2. The summed E-state index contributed by atoms with van der Waals surface area (Å²) in [7, 11) is 1.74. The number of hydrogen-bond donors (Lipinski definition) is 1. The van der Waals surface area contributed by atoms with Gasteiger partial charge in [-0.3, -0.25) is 4.68 Å². The van der Waals surface area contributed by atoms with Crippen LogP contribution >= 0.6 is 0 Å². The standard InChI is InChI=1S/C26H34N4O/c1-18(2)30-17-24(16-29-30)23-11-12-27-26(14-23)28-15-20-5-7-21(8-6-20)22-9-10-25(31-4)19(3)13-22/h9-14,16-18,20-21H,5-8,15H2,1-4H3,(H,27,28)/t20-,21-. The van der Waals surface area contributed by atoms with Crippen LogP contribution in [0.5, 0.6) is 5.75 Å². The molecule has 5 heteroatoms. The number of anilines is 1. The maximum absolute atomic E-state index is 5.41. The van der Waals surface area contributed by atoms with Crippen molar-refractivity contribution < 1.29 is 4.74 Å². The maximum Gasteiger partial charge on any atom is 0.126 e. The van der Waals surface area contributed by atoms with Crippen molar-refractivity contribution in [1.29, 1.82) is 0 Å². The minimum Gasteiger partial charge on any atom is -0.496 e. The Bertz CT molecular complexity index is 1000. The molecule has 0 unspecified atom stereocenters. The second-order valence-corrected chi connectivity index (χ2v) is 9.06. The van der Waals surface area contributed by atoms with Crippen molar-refractivity contribution in [2.24, 2.45) is 5.92 Å². The molecule has 3 aromatic rings. The first-order valence-electron chi connectivity index (χ1n) is 11.4. The van der Waals surface area contributed by atoms with Gasteiger partial charge in [0, 0.05) is 30.5 Å². The molecule has 1 fully saturated rings. The molecule has 4 rings (SSSR count). The summed E-state index contributed by atoms with van der Waals surface area (Å²) in [5.41, 5.74) is 4.98. The Labute approximate surface area is 185 Å². The van der Waals surface area contributed by atoms with Crippen LogP contribution in [-0.4, -0.2) is 28.4 Å². The number of nitrogens with one attached hydrogen (secondary N) is 1. The van der Waals surface area contributed by atoms with Crippen LogP contribution in [0.25, 0.3) is 11.1 Å². The molecule has 0 spiro atoms. The molecule has 5 nitrogen and oxygen atoms in total. The number of pyridine rings is 1. The molecule has 2 heterocycles. The van der Waals surface area contributed by atoms with Crippen LogP contribution in [0, 0.1) is 12.8 Å². The largest absolute Gasteiger partial charge is 0.496 e. The first kappa shape index (κ1) is 21.4. The zero-order valence-corrected chi connectivity index (χ0v) is 19.1. The average molecular weight is 419 g/mol. The number of aromatic nitrogens is 3. The Hall–Kier alpha value is -2.82. The van der Waals surface area contributed by atoms with Crippen LogP contribution in [0.4, 0.5) is 5.82 Å². The molecule has 0 bridgehead atoms. The molecule has 1 aliphatic rings. The van der Waals surface area contributed by atoms with Crippen LogP contribution in [0.2, 0.25) is 0 Å². The monoisotopic (exact) mass is 418 g/mol. The number of hydrogen-bond acceptors (Lipinski definition) is 4. The second kappa shape index (κ2) is 9.54. The fourth-order valence-corrected chi connectivity index (χ4v) is 4.58. The molecule has 0 aliphatic heterocycles. The van der Waals surface area contributed by atoms with E-state index in [0.29, 0.717) is 17.9 Å². The lowest BCUT2D eigenvalue weighted by Crippen LogP contribution is -2.21. The first-order valence-corrected chi connectivity index (χ1v) is 11.4. The third kappa shape index (κ3) is 5.09. The highest BCUT2D eigenvalue weighted by atomic mass is 16.5. The van der Waals surface area contributed by atoms with Crippen molar-refractivity contribution in [2.45, 2.75) is 58.4 Å². The molecule has 1 saturated carbocycles. The SMILES string of the molecule is COc1ccc([C@H]2CC[C@H](CNc3cc(-c4cnn(C(C)C)c4)ccn3)CC2)cc1C. The average Bonchev–Trinajstić information content (AvgIpc) is 3.29. The van der Waals surface area contributed by atoms with Gasteiger partial charge in [-0.2, -0.15) is 5.10 Å². The minimum absolute atomic E-state index is 0.366. The van der Waals surface area contributed by atoms with E-state index in [1.54, 1.807) is 7.11 Å². The third-order valence-electron chi connectivity index (χ3n) is 6.53. The molecule has 0 saturated heterocycles. The molecule has 31 heavy (non-hydrogen) atoms. The smallest absolute Gasteiger partial charge is 0.126 e. The van der Waals surface area contributed by atoms with Crippen LogP contribution in [0.3, 0.4) is 0 Å². The van der Waals surface area contributed by atoms with Gasteiger partial charge in [0.25, 0.3) is 0 Å². The summed E-state index contributed by atoms with van der Waals surface area (Å²) >= 11 is 0. The van der Waals surface area contributed by atoms with Crippen molar-refractivity contribution >= 4 is 5.82 Å². The Morgan fingerprint density at radius 1 is 1.10 bits per heavy atom. The number of ether oxygens (including phenoxy) is 1. The van der Waals surface area contributed by atoms with Crippen LogP contribution < -0.4 is 10.1 Å². The molecular formula is C26H34N4O. The second-order valence-electron chi connectivity index (χ2n) is 9.06. The summed E-state index contributed by atoms with van der Waals surface area (Å²) < 4.78 is 7.40. The Morgan fingerprint density at radius 3 is 2.58 bits per heavy atom. The zero-order chi connectivity index (χ0) is 21.8. The van der Waals surface area contributed by atoms with E-state index in [2.05, 4.69) is 72.7 Å². The van der Waals surface area contributed by atoms with Gasteiger partial charge in [0.15, 0.2) is 0 Å². The fourth-order valence-electron chi connectivity index (χ4n) is 4.58. The van der Waals surface area contributed by atoms with Gasteiger partial charge in [0.05, 0.1) is 13.3 Å². The normalized spacial score (nSPS) is 18.9. The lowest BCUT2D eigenvalue weighted by atomic mass is 9.78. The van der Waals surface area contributed by atoms with Crippen molar-refractivity contribution in [3.63, 3.8) is 0 Å². The fraction of sp³-hybridized carbons (Fsp3) is 0.462. The van der Waals surface area contributed by atoms with Gasteiger partial charge in [-0.05, 0) is 93.2 Å². The van der Waals surface area contributed by atoms with Crippen LogP contribution in [-0.2, 0) is 0 Å². The Balaban J connectivity index is 1.31. The summed E-state index contributed by atoms with van der Waals surface area (Å²) in [5, 5.41) is 8.04. The van der Waals surface area contributed by atoms with Gasteiger partial charge in [0.1, 0.15) is 11.6 Å². The maximum atomic E-state index is 5.41. The van der Waals surface area contributed by atoms with Crippen molar-refractivity contribution in [2.75, 3.05) is 19.0 Å². The summed E-state index contributed by atoms with van der Waals surface area (Å²) in [6.07, 6.45) is 10.9. The van der Waals surface area contributed by atoms with E-state index in [1.165, 1.54) is 36.8 Å². The number of rotatable bonds is 7. The van der Waals surface area contributed by atoms with E-state index < -0.39 is 0 Å². The first-order chi connectivity index (χ1) is 15.0. The van der Waals surface area contributed by atoms with Gasteiger partial charge in [-0.15, -0.1) is 0 Å². The lowest BCUT2D eigenvalue weighted by Gasteiger charge is -2.29. The molecule has 1 aromatic carbocycles. The molecule has 2 aromatic heterocycles. The van der Waals surface area contributed by atoms with Gasteiger partial charge < -0.3 is 10.1 Å². The zero-order valence-electron chi connectivity index (χ0n) is 19.1. The molecule has 164 valence electrons. The predicted molar refractivity (Wildman–Crippen MR) is 127 cm³/mol. The van der Waals surface area contributed by atoms with Gasteiger partial charge in [-0.25, -0.2) is 4.98 Å². The quantitative estimate of drug-likeness (QED) is 0.494. The highest BCUT2D eigenvalue weighted by Crippen LogP contribution is 2.37. The minimum atomic E-state index is 0.366. The van der Waals surface area contributed by atoms with Gasteiger partial charge in [-0.1, -0.05) is 12.1 Å². The Kier molecular flexibility index (Phi) is 6.59. The number of nitrogens with zero attached hydrogens (tertiary/aromatic N) is 3. The topological polar surface area (TPSA) is 52.0 Å². The highest BCUT2D eigenvalue weighted by molar-refractivity contribution is 5.64. The Morgan fingerprint density at radius 2 is 1.90 bits per heavy atom. The van der Waals surface area contributed by atoms with E-state index in [4.69, 9.17) is 4.74 Å². The van der Waals surface area contributed by atoms with E-state index in [9.17, 15) is 0 Å². The molecule has 0 radical (unpaired) electrons. The van der Waals surface area contributed by atoms with E-state index in [0.717, 1.165) is 29.2 Å². The number of benzene rings is 1. The van der Waals surface area contributed by atoms with Crippen LogP contribution in [0.15, 0.2) is 48.9 Å². The highest BCUT2D eigenvalue weighted by Gasteiger charge is 2.23.